The number of hydrogen-bond donors (Lipinski definition) is 2. The first-order valence-corrected chi connectivity index (χ1v) is 5.88. The molecule has 2 aromatic rings. The van der Waals surface area contributed by atoms with E-state index in [0.29, 0.717) is 0 Å². The van der Waals surface area contributed by atoms with E-state index in [1.807, 2.05) is 25.1 Å². The molecule has 18 heavy (non-hydrogen) atoms. The predicted octanol–water partition coefficient (Wildman–Crippen LogP) is 2.29. The Kier molecular flexibility index (Phi) is 3.58. The molecule has 2 rings (SSSR count). The lowest BCUT2D eigenvalue weighted by atomic mass is 9.95. The van der Waals surface area contributed by atoms with E-state index in [-0.39, 0.29) is 18.4 Å². The zero-order valence-electron chi connectivity index (χ0n) is 10.5. The number of amides is 1. The number of nitrogens with one attached hydrogen (secondary N) is 1. The second-order valence-corrected chi connectivity index (χ2v) is 4.43. The minimum atomic E-state index is -0.110. The number of carbonyl (C=O) groups is 1. The number of pyridine rings is 1. The summed E-state index contributed by atoms with van der Waals surface area (Å²) in [5.74, 6) is -0.0931. The molecule has 4 nitrogen and oxygen atoms in total. The Labute approximate surface area is 106 Å². The maximum absolute atomic E-state index is 11.1. The van der Waals surface area contributed by atoms with E-state index in [4.69, 9.17) is 0 Å². The summed E-state index contributed by atoms with van der Waals surface area (Å²) < 4.78 is 0. The van der Waals surface area contributed by atoms with Gasteiger partial charge in [-0.2, -0.15) is 0 Å². The summed E-state index contributed by atoms with van der Waals surface area (Å²) in [6, 6.07) is 5.72. The molecular weight excluding hydrogens is 228 g/mol. The number of hydrogen-bond acceptors (Lipinski definition) is 3. The molecule has 0 spiro atoms. The van der Waals surface area contributed by atoms with Crippen molar-refractivity contribution >= 4 is 22.4 Å². The number of anilines is 1. The standard InChI is InChI=1S/C14H16N2O2/c1-9(8-17)14-6-12(16-10(2)18)5-11-7-15-4-3-13(11)14/h3-7,9,17H,8H2,1-2H3,(H,16,18). The zero-order valence-corrected chi connectivity index (χ0v) is 10.5. The van der Waals surface area contributed by atoms with Crippen molar-refractivity contribution in [1.82, 2.24) is 4.98 Å². The second kappa shape index (κ2) is 5.14. The maximum atomic E-state index is 11.1. The Morgan fingerprint density at radius 3 is 2.94 bits per heavy atom. The van der Waals surface area contributed by atoms with Crippen molar-refractivity contribution < 1.29 is 9.90 Å². The van der Waals surface area contributed by atoms with Crippen molar-refractivity contribution in [3.05, 3.63) is 36.2 Å². The van der Waals surface area contributed by atoms with Gasteiger partial charge >= 0.3 is 0 Å². The molecule has 0 fully saturated rings. The monoisotopic (exact) mass is 244 g/mol. The Morgan fingerprint density at radius 2 is 2.28 bits per heavy atom. The van der Waals surface area contributed by atoms with Crippen LogP contribution in [0.15, 0.2) is 30.6 Å². The summed E-state index contributed by atoms with van der Waals surface area (Å²) in [6.45, 7) is 3.50. The molecule has 0 saturated heterocycles. The Bertz CT molecular complexity index is 581. The summed E-state index contributed by atoms with van der Waals surface area (Å²) in [5, 5.41) is 14.1. The zero-order chi connectivity index (χ0) is 13.1. The first-order chi connectivity index (χ1) is 8.61. The highest BCUT2D eigenvalue weighted by molar-refractivity contribution is 5.94. The number of benzene rings is 1. The van der Waals surface area contributed by atoms with E-state index in [2.05, 4.69) is 10.3 Å². The van der Waals surface area contributed by atoms with Crippen molar-refractivity contribution in [3.8, 4) is 0 Å². The van der Waals surface area contributed by atoms with Crippen molar-refractivity contribution in [2.45, 2.75) is 19.8 Å². The number of carbonyl (C=O) groups excluding carboxylic acids is 1. The Morgan fingerprint density at radius 1 is 1.50 bits per heavy atom. The molecule has 1 aromatic carbocycles. The molecule has 0 radical (unpaired) electrons. The number of aliphatic hydroxyl groups excluding tert-OH is 1. The van der Waals surface area contributed by atoms with Crippen molar-refractivity contribution in [2.24, 2.45) is 0 Å². The third kappa shape index (κ3) is 2.49. The van der Waals surface area contributed by atoms with Crippen LogP contribution in [-0.4, -0.2) is 22.6 Å². The number of rotatable bonds is 3. The van der Waals surface area contributed by atoms with Crippen LogP contribution in [-0.2, 0) is 4.79 Å². The van der Waals surface area contributed by atoms with Gasteiger partial charge < -0.3 is 10.4 Å². The van der Waals surface area contributed by atoms with Gasteiger partial charge in [-0.15, -0.1) is 0 Å². The van der Waals surface area contributed by atoms with Crippen molar-refractivity contribution in [2.75, 3.05) is 11.9 Å². The molecule has 2 N–H and O–H groups in total. The van der Waals surface area contributed by atoms with Gasteiger partial charge in [0.05, 0.1) is 0 Å². The molecule has 1 amide bonds. The lowest BCUT2D eigenvalue weighted by Crippen LogP contribution is -2.07. The summed E-state index contributed by atoms with van der Waals surface area (Å²) in [4.78, 5) is 15.2. The van der Waals surface area contributed by atoms with Gasteiger partial charge in [-0.05, 0) is 29.1 Å². The largest absolute Gasteiger partial charge is 0.396 e. The van der Waals surface area contributed by atoms with Gasteiger partial charge in [0.2, 0.25) is 5.91 Å². The molecule has 1 atom stereocenters. The predicted molar refractivity (Wildman–Crippen MR) is 71.5 cm³/mol. The van der Waals surface area contributed by atoms with E-state index >= 15 is 0 Å². The van der Waals surface area contributed by atoms with Gasteiger partial charge in [-0.1, -0.05) is 6.92 Å². The van der Waals surface area contributed by atoms with Crippen LogP contribution in [0.4, 0.5) is 5.69 Å². The fourth-order valence-electron chi connectivity index (χ4n) is 2.02. The summed E-state index contributed by atoms with van der Waals surface area (Å²) in [5.41, 5.74) is 1.75. The number of nitrogens with zero attached hydrogens (tertiary/aromatic N) is 1. The molecule has 0 saturated carbocycles. The molecule has 4 heteroatoms. The minimum Gasteiger partial charge on any atom is -0.396 e. The average Bonchev–Trinajstić information content (AvgIpc) is 2.36. The van der Waals surface area contributed by atoms with Crippen LogP contribution in [0.3, 0.4) is 0 Å². The topological polar surface area (TPSA) is 62.2 Å². The minimum absolute atomic E-state index is 0.0172. The normalized spacial score (nSPS) is 12.4. The van der Waals surface area contributed by atoms with Gasteiger partial charge in [0.15, 0.2) is 0 Å². The van der Waals surface area contributed by atoms with Gasteiger partial charge in [0.25, 0.3) is 0 Å². The van der Waals surface area contributed by atoms with E-state index in [1.165, 1.54) is 6.92 Å². The molecule has 1 heterocycles. The Balaban J connectivity index is 2.60. The third-order valence-electron chi connectivity index (χ3n) is 2.91. The van der Waals surface area contributed by atoms with Crippen LogP contribution in [0.2, 0.25) is 0 Å². The van der Waals surface area contributed by atoms with Crippen LogP contribution in [0.1, 0.15) is 25.3 Å². The molecule has 0 aliphatic rings. The fraction of sp³-hybridized carbons (Fsp3) is 0.286. The number of fused-ring (bicyclic) bond motifs is 1. The average molecular weight is 244 g/mol. The first-order valence-electron chi connectivity index (χ1n) is 5.88. The van der Waals surface area contributed by atoms with E-state index < -0.39 is 0 Å². The van der Waals surface area contributed by atoms with Crippen molar-refractivity contribution in [1.29, 1.82) is 0 Å². The molecule has 94 valence electrons. The highest BCUT2D eigenvalue weighted by Gasteiger charge is 2.11. The highest BCUT2D eigenvalue weighted by atomic mass is 16.3. The van der Waals surface area contributed by atoms with E-state index in [0.717, 1.165) is 22.0 Å². The maximum Gasteiger partial charge on any atom is 0.221 e. The van der Waals surface area contributed by atoms with E-state index in [1.54, 1.807) is 12.4 Å². The lowest BCUT2D eigenvalue weighted by molar-refractivity contribution is -0.114. The van der Waals surface area contributed by atoms with Crippen LogP contribution in [0.5, 0.6) is 0 Å². The van der Waals surface area contributed by atoms with Crippen LogP contribution < -0.4 is 5.32 Å². The summed E-state index contributed by atoms with van der Waals surface area (Å²) >= 11 is 0. The van der Waals surface area contributed by atoms with Crippen LogP contribution >= 0.6 is 0 Å². The molecular formula is C14H16N2O2. The van der Waals surface area contributed by atoms with Crippen LogP contribution in [0.25, 0.3) is 10.8 Å². The smallest absolute Gasteiger partial charge is 0.221 e. The van der Waals surface area contributed by atoms with Gasteiger partial charge in [-0.3, -0.25) is 9.78 Å². The SMILES string of the molecule is CC(=O)Nc1cc(C(C)CO)c2ccncc2c1. The lowest BCUT2D eigenvalue weighted by Gasteiger charge is -2.14. The number of aliphatic hydroxyl groups is 1. The summed E-state index contributed by atoms with van der Waals surface area (Å²) in [6.07, 6.45) is 3.49. The highest BCUT2D eigenvalue weighted by Crippen LogP contribution is 2.28. The molecule has 0 bridgehead atoms. The van der Waals surface area contributed by atoms with Gasteiger partial charge in [0, 0.05) is 42.9 Å². The van der Waals surface area contributed by atoms with Crippen LogP contribution in [0, 0.1) is 0 Å². The van der Waals surface area contributed by atoms with Gasteiger partial charge in [-0.25, -0.2) is 0 Å². The molecule has 0 aliphatic heterocycles. The molecule has 1 unspecified atom stereocenters. The first kappa shape index (κ1) is 12.5. The quantitative estimate of drug-likeness (QED) is 0.870. The summed E-state index contributed by atoms with van der Waals surface area (Å²) in [7, 11) is 0. The fourth-order valence-corrected chi connectivity index (χ4v) is 2.02. The Hall–Kier alpha value is -1.94. The second-order valence-electron chi connectivity index (χ2n) is 4.43. The molecule has 0 aliphatic carbocycles. The number of aromatic nitrogens is 1. The van der Waals surface area contributed by atoms with E-state index in [9.17, 15) is 9.90 Å². The third-order valence-corrected chi connectivity index (χ3v) is 2.91. The molecule has 1 aromatic heterocycles. The van der Waals surface area contributed by atoms with Crippen molar-refractivity contribution in [3.63, 3.8) is 0 Å². The van der Waals surface area contributed by atoms with Gasteiger partial charge in [0.1, 0.15) is 0 Å².